The maximum absolute atomic E-state index is 12.4. The Labute approximate surface area is 127 Å². The number of nitrogens with two attached hydrogens (primary N) is 1. The lowest BCUT2D eigenvalue weighted by Gasteiger charge is -2.15. The summed E-state index contributed by atoms with van der Waals surface area (Å²) in [5.74, 6) is -0.762. The molecule has 0 unspecified atom stereocenters. The number of carbonyl (C=O) groups is 2. The molecule has 2 amide bonds. The third-order valence-corrected chi connectivity index (χ3v) is 3.86. The van der Waals surface area contributed by atoms with Crippen LogP contribution in [-0.4, -0.2) is 23.3 Å². The molecule has 0 aliphatic carbocycles. The second-order valence-electron chi connectivity index (χ2n) is 5.27. The Kier molecular flexibility index (Phi) is 3.15. The maximum Gasteiger partial charge on any atom is 0.254 e. The normalized spacial score (nSPS) is 13.0. The van der Waals surface area contributed by atoms with E-state index in [9.17, 15) is 9.59 Å². The minimum atomic E-state index is -0.611. The van der Waals surface area contributed by atoms with Crippen LogP contribution in [0.2, 0.25) is 0 Å². The van der Waals surface area contributed by atoms with E-state index in [4.69, 9.17) is 11.0 Å². The highest BCUT2D eigenvalue weighted by molar-refractivity contribution is 6.05. The molecular formula is C17H13N3O2. The summed E-state index contributed by atoms with van der Waals surface area (Å²) in [6, 6.07) is 11.1. The second kappa shape index (κ2) is 5.01. The molecule has 108 valence electrons. The van der Waals surface area contributed by atoms with E-state index in [2.05, 4.69) is 12.6 Å². The number of hydrogen-bond acceptors (Lipinski definition) is 3. The van der Waals surface area contributed by atoms with E-state index < -0.39 is 5.91 Å². The molecule has 0 radical (unpaired) electrons. The lowest BCUT2D eigenvalue weighted by Crippen LogP contribution is -2.30. The van der Waals surface area contributed by atoms with Crippen LogP contribution in [0.1, 0.15) is 21.5 Å². The van der Waals surface area contributed by atoms with Gasteiger partial charge in [-0.05, 0) is 34.5 Å². The number of hydrogen-bond donors (Lipinski definition) is 1. The average Bonchev–Trinajstić information content (AvgIpc) is 2.83. The van der Waals surface area contributed by atoms with Gasteiger partial charge in [0.25, 0.3) is 5.91 Å². The van der Waals surface area contributed by atoms with E-state index in [0.29, 0.717) is 17.7 Å². The van der Waals surface area contributed by atoms with E-state index >= 15 is 0 Å². The Morgan fingerprint density at radius 3 is 2.77 bits per heavy atom. The van der Waals surface area contributed by atoms with Gasteiger partial charge in [0.05, 0.1) is 18.2 Å². The molecule has 2 N–H and O–H groups in total. The molecule has 1 aliphatic rings. The van der Waals surface area contributed by atoms with Gasteiger partial charge in [-0.2, -0.15) is 5.26 Å². The maximum atomic E-state index is 12.4. The number of amides is 2. The van der Waals surface area contributed by atoms with Crippen molar-refractivity contribution in [1.82, 2.24) is 4.90 Å². The van der Waals surface area contributed by atoms with Crippen LogP contribution < -0.4 is 5.73 Å². The summed E-state index contributed by atoms with van der Waals surface area (Å²) < 4.78 is 0. The lowest BCUT2D eigenvalue weighted by atomic mass is 9.99. The van der Waals surface area contributed by atoms with Gasteiger partial charge in [-0.25, -0.2) is 0 Å². The first-order valence-electron chi connectivity index (χ1n) is 6.74. The minimum Gasteiger partial charge on any atom is -0.366 e. The summed E-state index contributed by atoms with van der Waals surface area (Å²) in [5, 5.41) is 10.9. The molecule has 3 rings (SSSR count). The molecule has 0 aromatic heterocycles. The van der Waals surface area contributed by atoms with Crippen molar-refractivity contribution in [2.45, 2.75) is 6.54 Å². The number of carbonyl (C=O) groups excluding carboxylic acids is 2. The Hall–Kier alpha value is -3.13. The number of primary amides is 1. The van der Waals surface area contributed by atoms with Crippen LogP contribution in [-0.2, 0) is 11.3 Å². The van der Waals surface area contributed by atoms with Crippen LogP contribution in [0.15, 0.2) is 42.5 Å². The molecule has 22 heavy (non-hydrogen) atoms. The van der Waals surface area contributed by atoms with Crippen LogP contribution in [0.5, 0.6) is 0 Å². The molecule has 0 bridgehead atoms. The van der Waals surface area contributed by atoms with Crippen LogP contribution in [0, 0.1) is 11.3 Å². The van der Waals surface area contributed by atoms with Gasteiger partial charge in [-0.1, -0.05) is 18.7 Å². The Balaban J connectivity index is 2.04. The zero-order chi connectivity index (χ0) is 15.9. The molecule has 0 spiro atoms. The minimum absolute atomic E-state index is 0.113. The first-order chi connectivity index (χ1) is 10.5. The van der Waals surface area contributed by atoms with Crippen molar-refractivity contribution >= 4 is 22.6 Å². The van der Waals surface area contributed by atoms with E-state index in [0.717, 1.165) is 16.3 Å². The fourth-order valence-corrected chi connectivity index (χ4v) is 2.69. The fraction of sp³-hybridized carbons (Fsp3) is 0.118. The van der Waals surface area contributed by atoms with Crippen molar-refractivity contribution in [2.75, 3.05) is 6.54 Å². The summed E-state index contributed by atoms with van der Waals surface area (Å²) in [7, 11) is 0. The summed E-state index contributed by atoms with van der Waals surface area (Å²) in [6.45, 7) is 4.09. The van der Waals surface area contributed by atoms with Crippen LogP contribution in [0.25, 0.3) is 10.8 Å². The Morgan fingerprint density at radius 1 is 1.36 bits per heavy atom. The monoisotopic (exact) mass is 291 g/mol. The number of nitrogens with zero attached hydrogens (tertiary/aromatic N) is 2. The van der Waals surface area contributed by atoms with Gasteiger partial charge in [-0.15, -0.1) is 0 Å². The third kappa shape index (κ3) is 2.11. The van der Waals surface area contributed by atoms with E-state index in [1.54, 1.807) is 18.2 Å². The predicted octanol–water partition coefficient (Wildman–Crippen LogP) is 1.71. The largest absolute Gasteiger partial charge is 0.366 e. The zero-order valence-corrected chi connectivity index (χ0v) is 11.8. The van der Waals surface area contributed by atoms with Crippen molar-refractivity contribution in [3.8, 4) is 6.07 Å². The molecule has 5 nitrogen and oxygen atoms in total. The molecule has 0 saturated carbocycles. The first-order valence-corrected chi connectivity index (χ1v) is 6.74. The van der Waals surface area contributed by atoms with Gasteiger partial charge < -0.3 is 10.6 Å². The van der Waals surface area contributed by atoms with Crippen LogP contribution >= 0.6 is 0 Å². The quantitative estimate of drug-likeness (QED) is 0.873. The van der Waals surface area contributed by atoms with Crippen molar-refractivity contribution < 1.29 is 9.59 Å². The SMILES string of the molecule is C=C(CN1Cc2c(ccc3ccc(C#N)cc23)C1=O)C(N)=O. The molecule has 5 heteroatoms. The van der Waals surface area contributed by atoms with Gasteiger partial charge in [0.2, 0.25) is 5.91 Å². The number of nitriles is 1. The number of rotatable bonds is 3. The summed E-state index contributed by atoms with van der Waals surface area (Å²) in [6.07, 6.45) is 0. The molecule has 1 heterocycles. The van der Waals surface area contributed by atoms with Crippen molar-refractivity contribution in [3.63, 3.8) is 0 Å². The highest BCUT2D eigenvalue weighted by atomic mass is 16.2. The van der Waals surface area contributed by atoms with Gasteiger partial charge in [0.15, 0.2) is 0 Å². The molecule has 2 aromatic rings. The smallest absolute Gasteiger partial charge is 0.254 e. The molecule has 0 atom stereocenters. The highest BCUT2D eigenvalue weighted by Crippen LogP contribution is 2.31. The van der Waals surface area contributed by atoms with Gasteiger partial charge >= 0.3 is 0 Å². The first kappa shape index (κ1) is 13.8. The summed E-state index contributed by atoms with van der Waals surface area (Å²) in [4.78, 5) is 25.1. The number of fused-ring (bicyclic) bond motifs is 3. The second-order valence-corrected chi connectivity index (χ2v) is 5.27. The highest BCUT2D eigenvalue weighted by Gasteiger charge is 2.29. The average molecular weight is 291 g/mol. The predicted molar refractivity (Wildman–Crippen MR) is 81.7 cm³/mol. The van der Waals surface area contributed by atoms with Gasteiger partial charge in [-0.3, -0.25) is 9.59 Å². The summed E-state index contributed by atoms with van der Waals surface area (Å²) in [5.41, 5.74) is 7.40. The van der Waals surface area contributed by atoms with E-state index in [-0.39, 0.29) is 18.0 Å². The van der Waals surface area contributed by atoms with Crippen molar-refractivity contribution in [1.29, 1.82) is 5.26 Å². The van der Waals surface area contributed by atoms with Crippen molar-refractivity contribution in [3.05, 3.63) is 59.2 Å². The Morgan fingerprint density at radius 2 is 2.09 bits per heavy atom. The summed E-state index contributed by atoms with van der Waals surface area (Å²) >= 11 is 0. The van der Waals surface area contributed by atoms with Crippen LogP contribution in [0.4, 0.5) is 0 Å². The standard InChI is InChI=1S/C17H13N3O2/c1-10(16(19)21)8-20-9-15-13(17(20)22)5-4-12-3-2-11(7-18)6-14(12)15/h2-6H,1,8-9H2,(H2,19,21). The van der Waals surface area contributed by atoms with E-state index in [1.807, 2.05) is 12.1 Å². The molecule has 0 saturated heterocycles. The zero-order valence-electron chi connectivity index (χ0n) is 11.8. The molecular weight excluding hydrogens is 278 g/mol. The van der Waals surface area contributed by atoms with E-state index in [1.165, 1.54) is 4.90 Å². The topological polar surface area (TPSA) is 87.2 Å². The fourth-order valence-electron chi connectivity index (χ4n) is 2.69. The van der Waals surface area contributed by atoms with Crippen molar-refractivity contribution in [2.24, 2.45) is 5.73 Å². The number of benzene rings is 2. The third-order valence-electron chi connectivity index (χ3n) is 3.86. The molecule has 1 aliphatic heterocycles. The van der Waals surface area contributed by atoms with Crippen LogP contribution in [0.3, 0.4) is 0 Å². The Bertz CT molecular complexity index is 877. The molecule has 0 fully saturated rings. The molecule has 2 aromatic carbocycles. The van der Waals surface area contributed by atoms with Gasteiger partial charge in [0.1, 0.15) is 0 Å². The lowest BCUT2D eigenvalue weighted by molar-refractivity contribution is -0.114. The van der Waals surface area contributed by atoms with Gasteiger partial charge in [0, 0.05) is 17.7 Å².